The number of hydrogen-bond acceptors (Lipinski definition) is 2. The maximum absolute atomic E-state index is 12.8. The van der Waals surface area contributed by atoms with Gasteiger partial charge in [0.05, 0.1) is 12.1 Å². The van der Waals surface area contributed by atoms with Gasteiger partial charge in [-0.05, 0) is 44.2 Å². The first-order chi connectivity index (χ1) is 12.1. The number of nitrogens with zero attached hydrogens (tertiary/aromatic N) is 1. The van der Waals surface area contributed by atoms with Gasteiger partial charge < -0.3 is 5.32 Å². The SMILES string of the molecule is CC(C)N(CC(=O)NC1(c2ccccc2)CCC1)Cc1ccccc1. The minimum atomic E-state index is -0.159. The maximum atomic E-state index is 12.8. The van der Waals surface area contributed by atoms with Crippen molar-refractivity contribution >= 4 is 5.91 Å². The van der Waals surface area contributed by atoms with Gasteiger partial charge in [-0.3, -0.25) is 9.69 Å². The molecule has 2 aromatic carbocycles. The molecule has 3 heteroatoms. The highest BCUT2D eigenvalue weighted by Crippen LogP contribution is 2.41. The third-order valence-electron chi connectivity index (χ3n) is 5.22. The monoisotopic (exact) mass is 336 g/mol. The third-order valence-corrected chi connectivity index (χ3v) is 5.22. The quantitative estimate of drug-likeness (QED) is 0.826. The fourth-order valence-electron chi connectivity index (χ4n) is 3.50. The molecule has 0 atom stereocenters. The zero-order valence-electron chi connectivity index (χ0n) is 15.2. The molecule has 3 nitrogen and oxygen atoms in total. The van der Waals surface area contributed by atoms with Gasteiger partial charge in [-0.15, -0.1) is 0 Å². The second-order valence-electron chi connectivity index (χ2n) is 7.33. The second-order valence-corrected chi connectivity index (χ2v) is 7.33. The first-order valence-corrected chi connectivity index (χ1v) is 9.24. The van der Waals surface area contributed by atoms with Crippen LogP contribution >= 0.6 is 0 Å². The van der Waals surface area contributed by atoms with E-state index in [1.807, 2.05) is 24.3 Å². The van der Waals surface area contributed by atoms with Crippen LogP contribution in [0.15, 0.2) is 60.7 Å². The molecule has 1 fully saturated rings. The zero-order chi connectivity index (χ0) is 17.7. The van der Waals surface area contributed by atoms with E-state index in [1.165, 1.54) is 17.5 Å². The third kappa shape index (κ3) is 4.29. The van der Waals surface area contributed by atoms with Crippen LogP contribution in [0.25, 0.3) is 0 Å². The van der Waals surface area contributed by atoms with Crippen molar-refractivity contribution in [2.45, 2.75) is 51.2 Å². The predicted molar refractivity (Wildman–Crippen MR) is 102 cm³/mol. The maximum Gasteiger partial charge on any atom is 0.234 e. The van der Waals surface area contributed by atoms with Gasteiger partial charge >= 0.3 is 0 Å². The van der Waals surface area contributed by atoms with E-state index < -0.39 is 0 Å². The summed E-state index contributed by atoms with van der Waals surface area (Å²) in [6, 6.07) is 21.1. The number of hydrogen-bond donors (Lipinski definition) is 1. The topological polar surface area (TPSA) is 32.3 Å². The minimum absolute atomic E-state index is 0.119. The largest absolute Gasteiger partial charge is 0.345 e. The van der Waals surface area contributed by atoms with E-state index in [0.29, 0.717) is 12.6 Å². The summed E-state index contributed by atoms with van der Waals surface area (Å²) in [7, 11) is 0. The molecule has 1 amide bonds. The van der Waals surface area contributed by atoms with Crippen molar-refractivity contribution in [1.29, 1.82) is 0 Å². The molecule has 0 spiro atoms. The van der Waals surface area contributed by atoms with Crippen LogP contribution < -0.4 is 5.32 Å². The fourth-order valence-corrected chi connectivity index (χ4v) is 3.50. The van der Waals surface area contributed by atoms with Crippen molar-refractivity contribution in [1.82, 2.24) is 10.2 Å². The molecule has 0 saturated heterocycles. The number of nitrogens with one attached hydrogen (secondary N) is 1. The molecule has 25 heavy (non-hydrogen) atoms. The first-order valence-electron chi connectivity index (χ1n) is 9.24. The van der Waals surface area contributed by atoms with Crippen LogP contribution in [0.4, 0.5) is 0 Å². The Labute approximate surface area is 151 Å². The Morgan fingerprint density at radius 1 is 1.04 bits per heavy atom. The molecule has 2 aromatic rings. The van der Waals surface area contributed by atoms with Gasteiger partial charge in [0, 0.05) is 12.6 Å². The van der Waals surface area contributed by atoms with E-state index in [4.69, 9.17) is 0 Å². The molecule has 0 heterocycles. The predicted octanol–water partition coefficient (Wildman–Crippen LogP) is 4.09. The number of amides is 1. The summed E-state index contributed by atoms with van der Waals surface area (Å²) in [5.74, 6) is 0.119. The van der Waals surface area contributed by atoms with Crippen molar-refractivity contribution in [3.63, 3.8) is 0 Å². The molecule has 0 aromatic heterocycles. The summed E-state index contributed by atoms with van der Waals surface area (Å²) in [5, 5.41) is 3.34. The van der Waals surface area contributed by atoms with Crippen LogP contribution in [-0.4, -0.2) is 23.4 Å². The molecule has 3 rings (SSSR count). The molecular weight excluding hydrogens is 308 g/mol. The smallest absolute Gasteiger partial charge is 0.234 e. The van der Waals surface area contributed by atoms with Crippen LogP contribution in [0.1, 0.15) is 44.2 Å². The molecule has 0 unspecified atom stereocenters. The van der Waals surface area contributed by atoms with Crippen LogP contribution in [0, 0.1) is 0 Å². The van der Waals surface area contributed by atoms with Gasteiger partial charge in [0.2, 0.25) is 5.91 Å². The van der Waals surface area contributed by atoms with E-state index in [-0.39, 0.29) is 11.4 Å². The van der Waals surface area contributed by atoms with Gasteiger partial charge in [0.25, 0.3) is 0 Å². The highest BCUT2D eigenvalue weighted by atomic mass is 16.2. The van der Waals surface area contributed by atoms with Crippen molar-refractivity contribution < 1.29 is 4.79 Å². The number of benzene rings is 2. The highest BCUT2D eigenvalue weighted by molar-refractivity contribution is 5.79. The van der Waals surface area contributed by atoms with E-state index in [2.05, 4.69) is 60.5 Å². The highest BCUT2D eigenvalue weighted by Gasteiger charge is 2.40. The van der Waals surface area contributed by atoms with Gasteiger partial charge in [0.15, 0.2) is 0 Å². The number of rotatable bonds is 7. The zero-order valence-corrected chi connectivity index (χ0v) is 15.2. The summed E-state index contributed by atoms with van der Waals surface area (Å²) in [6.07, 6.45) is 3.24. The Bertz CT molecular complexity index is 678. The van der Waals surface area contributed by atoms with E-state index in [1.54, 1.807) is 0 Å². The lowest BCUT2D eigenvalue weighted by molar-refractivity contribution is -0.126. The molecule has 1 saturated carbocycles. The summed E-state index contributed by atoms with van der Waals surface area (Å²) >= 11 is 0. The van der Waals surface area contributed by atoms with Gasteiger partial charge in [-0.2, -0.15) is 0 Å². The Hall–Kier alpha value is -2.13. The van der Waals surface area contributed by atoms with Crippen molar-refractivity contribution in [3.8, 4) is 0 Å². The molecule has 132 valence electrons. The van der Waals surface area contributed by atoms with Gasteiger partial charge in [-0.25, -0.2) is 0 Å². The lowest BCUT2D eigenvalue weighted by Gasteiger charge is -2.43. The molecule has 1 aliphatic rings. The summed E-state index contributed by atoms with van der Waals surface area (Å²) in [4.78, 5) is 15.0. The second kappa shape index (κ2) is 7.83. The van der Waals surface area contributed by atoms with Crippen LogP contribution in [0.3, 0.4) is 0 Å². The van der Waals surface area contributed by atoms with Crippen LogP contribution in [0.5, 0.6) is 0 Å². The normalized spacial score (nSPS) is 15.8. The number of carbonyl (C=O) groups excluding carboxylic acids is 1. The molecule has 0 bridgehead atoms. The van der Waals surface area contributed by atoms with E-state index >= 15 is 0 Å². The van der Waals surface area contributed by atoms with Crippen LogP contribution in [0.2, 0.25) is 0 Å². The standard InChI is InChI=1S/C22H28N2O/c1-18(2)24(16-19-10-5-3-6-11-19)17-21(25)23-22(14-9-15-22)20-12-7-4-8-13-20/h3-8,10-13,18H,9,14-17H2,1-2H3,(H,23,25). The van der Waals surface area contributed by atoms with Gasteiger partial charge in [-0.1, -0.05) is 60.7 Å². The Morgan fingerprint density at radius 3 is 2.16 bits per heavy atom. The average molecular weight is 336 g/mol. The first kappa shape index (κ1) is 17.7. The molecule has 0 aliphatic heterocycles. The van der Waals surface area contributed by atoms with Crippen LogP contribution in [-0.2, 0) is 16.9 Å². The Morgan fingerprint density at radius 2 is 1.64 bits per heavy atom. The van der Waals surface area contributed by atoms with Crippen molar-refractivity contribution in [3.05, 3.63) is 71.8 Å². The average Bonchev–Trinajstić information content (AvgIpc) is 2.59. The Balaban J connectivity index is 1.65. The van der Waals surface area contributed by atoms with Crippen molar-refractivity contribution in [2.75, 3.05) is 6.54 Å². The minimum Gasteiger partial charge on any atom is -0.345 e. The number of carbonyl (C=O) groups is 1. The van der Waals surface area contributed by atoms with Gasteiger partial charge in [0.1, 0.15) is 0 Å². The molecule has 1 N–H and O–H groups in total. The fraction of sp³-hybridized carbons (Fsp3) is 0.409. The summed E-state index contributed by atoms with van der Waals surface area (Å²) in [5.41, 5.74) is 2.31. The van der Waals surface area contributed by atoms with E-state index in [0.717, 1.165) is 19.4 Å². The lowest BCUT2D eigenvalue weighted by Crippen LogP contribution is -2.53. The summed E-state index contributed by atoms with van der Waals surface area (Å²) < 4.78 is 0. The lowest BCUT2D eigenvalue weighted by atomic mass is 9.72. The van der Waals surface area contributed by atoms with E-state index in [9.17, 15) is 4.79 Å². The summed E-state index contributed by atoms with van der Waals surface area (Å²) in [6.45, 7) is 5.52. The molecular formula is C22H28N2O. The molecule has 0 radical (unpaired) electrons. The molecule has 1 aliphatic carbocycles. The van der Waals surface area contributed by atoms with Crippen molar-refractivity contribution in [2.24, 2.45) is 0 Å². The Kier molecular flexibility index (Phi) is 5.54.